The molecule has 3 rings (SSSR count). The van der Waals surface area contributed by atoms with Crippen molar-refractivity contribution in [3.05, 3.63) is 42.2 Å². The monoisotopic (exact) mass is 356 g/mol. The third-order valence-corrected chi connectivity index (χ3v) is 4.45. The van der Waals surface area contributed by atoms with Gasteiger partial charge >= 0.3 is 5.97 Å². The van der Waals surface area contributed by atoms with Gasteiger partial charge in [0, 0.05) is 30.4 Å². The highest BCUT2D eigenvalue weighted by atomic mass is 16.4. The van der Waals surface area contributed by atoms with E-state index in [0.717, 1.165) is 12.1 Å². The second kappa shape index (κ2) is 6.62. The molecule has 1 aliphatic heterocycles. The van der Waals surface area contributed by atoms with E-state index in [2.05, 4.69) is 10.4 Å². The fraction of sp³-hybridized carbons (Fsp3) is 0.333. The molecule has 1 fully saturated rings. The van der Waals surface area contributed by atoms with Crippen molar-refractivity contribution in [2.24, 2.45) is 0 Å². The van der Waals surface area contributed by atoms with Crippen molar-refractivity contribution in [3.8, 4) is 0 Å². The van der Waals surface area contributed by atoms with Gasteiger partial charge in [-0.3, -0.25) is 14.3 Å². The second-order valence-electron chi connectivity index (χ2n) is 6.69. The number of hydrogen-bond acceptors (Lipinski definition) is 4. The molecule has 2 N–H and O–H groups in total. The lowest BCUT2D eigenvalue weighted by molar-refractivity contribution is -0.146. The Hall–Kier alpha value is -3.16. The summed E-state index contributed by atoms with van der Waals surface area (Å²) in [7, 11) is 0. The van der Waals surface area contributed by atoms with Crippen LogP contribution in [0.2, 0.25) is 0 Å². The number of anilines is 2. The maximum Gasteiger partial charge on any atom is 0.331 e. The molecule has 8 heteroatoms. The van der Waals surface area contributed by atoms with Gasteiger partial charge in [-0.05, 0) is 44.5 Å². The zero-order valence-corrected chi connectivity index (χ0v) is 14.6. The Labute approximate surface area is 150 Å². The number of aliphatic carboxylic acids is 1. The molecule has 1 aromatic carbocycles. The van der Waals surface area contributed by atoms with Crippen molar-refractivity contribution in [2.45, 2.75) is 32.2 Å². The second-order valence-corrected chi connectivity index (χ2v) is 6.69. The van der Waals surface area contributed by atoms with Crippen LogP contribution < -0.4 is 10.2 Å². The zero-order valence-electron chi connectivity index (χ0n) is 14.6. The van der Waals surface area contributed by atoms with E-state index in [9.17, 15) is 19.5 Å². The van der Waals surface area contributed by atoms with Gasteiger partial charge in [0.05, 0.1) is 11.9 Å². The number of benzene rings is 1. The number of hydrogen-bond donors (Lipinski definition) is 2. The van der Waals surface area contributed by atoms with Gasteiger partial charge in [0.2, 0.25) is 5.91 Å². The van der Waals surface area contributed by atoms with Crippen LogP contribution in [-0.4, -0.2) is 39.2 Å². The van der Waals surface area contributed by atoms with Crippen LogP contribution in [0, 0.1) is 0 Å². The first kappa shape index (κ1) is 17.7. The van der Waals surface area contributed by atoms with Crippen molar-refractivity contribution in [1.29, 1.82) is 0 Å². The molecule has 1 aromatic heterocycles. The molecule has 8 nitrogen and oxygen atoms in total. The van der Waals surface area contributed by atoms with E-state index in [1.165, 1.54) is 30.9 Å². The molecule has 136 valence electrons. The van der Waals surface area contributed by atoms with E-state index in [0.29, 0.717) is 24.2 Å². The number of carbonyl (C=O) groups is 3. The van der Waals surface area contributed by atoms with Crippen LogP contribution in [-0.2, 0) is 15.1 Å². The number of nitrogens with one attached hydrogen (secondary N) is 1. The van der Waals surface area contributed by atoms with Gasteiger partial charge in [-0.15, -0.1) is 0 Å². The summed E-state index contributed by atoms with van der Waals surface area (Å²) >= 11 is 0. The van der Waals surface area contributed by atoms with Crippen molar-refractivity contribution >= 4 is 29.2 Å². The summed E-state index contributed by atoms with van der Waals surface area (Å²) in [5, 5.41) is 15.9. The van der Waals surface area contributed by atoms with Crippen LogP contribution in [0.5, 0.6) is 0 Å². The highest BCUT2D eigenvalue weighted by Crippen LogP contribution is 2.22. The molecule has 26 heavy (non-hydrogen) atoms. The largest absolute Gasteiger partial charge is 0.479 e. The van der Waals surface area contributed by atoms with Gasteiger partial charge in [0.25, 0.3) is 5.91 Å². The molecule has 1 saturated heterocycles. The average molecular weight is 356 g/mol. The number of rotatable bonds is 5. The van der Waals surface area contributed by atoms with Crippen LogP contribution in [0.25, 0.3) is 0 Å². The number of aromatic nitrogens is 2. The third-order valence-electron chi connectivity index (χ3n) is 4.45. The Morgan fingerprint density at radius 2 is 1.92 bits per heavy atom. The highest BCUT2D eigenvalue weighted by Gasteiger charge is 2.30. The quantitative estimate of drug-likeness (QED) is 0.853. The van der Waals surface area contributed by atoms with Crippen molar-refractivity contribution in [3.63, 3.8) is 0 Å². The summed E-state index contributed by atoms with van der Waals surface area (Å²) < 4.78 is 1.28. The molecule has 0 unspecified atom stereocenters. The molecular formula is C18H20N4O4. The van der Waals surface area contributed by atoms with Crippen LogP contribution >= 0.6 is 0 Å². The van der Waals surface area contributed by atoms with E-state index in [1.54, 1.807) is 29.2 Å². The molecule has 2 heterocycles. The minimum Gasteiger partial charge on any atom is -0.479 e. The van der Waals surface area contributed by atoms with Gasteiger partial charge in [0.15, 0.2) is 5.54 Å². The molecular weight excluding hydrogens is 336 g/mol. The maximum atomic E-state index is 12.4. The van der Waals surface area contributed by atoms with Crippen LogP contribution in [0.1, 0.15) is 37.0 Å². The molecule has 0 spiro atoms. The maximum absolute atomic E-state index is 12.4. The first-order valence-electron chi connectivity index (χ1n) is 8.29. The average Bonchev–Trinajstić information content (AvgIpc) is 3.24. The van der Waals surface area contributed by atoms with Gasteiger partial charge in [0.1, 0.15) is 0 Å². The summed E-state index contributed by atoms with van der Waals surface area (Å²) in [4.78, 5) is 37.1. The van der Waals surface area contributed by atoms with Crippen LogP contribution in [0.4, 0.5) is 11.4 Å². The number of amides is 2. The molecule has 0 atom stereocenters. The van der Waals surface area contributed by atoms with Gasteiger partial charge in [-0.1, -0.05) is 0 Å². The van der Waals surface area contributed by atoms with Gasteiger partial charge < -0.3 is 15.3 Å². The molecule has 2 amide bonds. The first-order valence-corrected chi connectivity index (χ1v) is 8.29. The van der Waals surface area contributed by atoms with Crippen molar-refractivity contribution in [1.82, 2.24) is 9.78 Å². The number of nitrogens with zero attached hydrogens (tertiary/aromatic N) is 3. The minimum absolute atomic E-state index is 0.0932. The van der Waals surface area contributed by atoms with E-state index in [1.807, 2.05) is 0 Å². The molecule has 0 bridgehead atoms. The Bertz CT molecular complexity index is 854. The van der Waals surface area contributed by atoms with Gasteiger partial charge in [-0.2, -0.15) is 5.10 Å². The molecule has 0 saturated carbocycles. The first-order chi connectivity index (χ1) is 12.3. The Balaban J connectivity index is 1.70. The summed E-state index contributed by atoms with van der Waals surface area (Å²) in [5.74, 6) is -1.27. The molecule has 1 aliphatic rings. The fourth-order valence-electron chi connectivity index (χ4n) is 2.71. The lowest BCUT2D eigenvalue weighted by Gasteiger charge is -2.19. The summed E-state index contributed by atoms with van der Waals surface area (Å²) in [5.41, 5.74) is 0.404. The minimum atomic E-state index is -1.22. The SMILES string of the molecule is CC(C)(C(=O)O)n1cc(NC(=O)c2ccc(N3CCCC3=O)cc2)cn1. The predicted molar refractivity (Wildman–Crippen MR) is 95.2 cm³/mol. The Kier molecular flexibility index (Phi) is 4.50. The Morgan fingerprint density at radius 1 is 1.23 bits per heavy atom. The van der Waals surface area contributed by atoms with E-state index in [4.69, 9.17) is 0 Å². The van der Waals surface area contributed by atoms with E-state index < -0.39 is 11.5 Å². The zero-order chi connectivity index (χ0) is 18.9. The number of carboxylic acids is 1. The molecule has 0 aliphatic carbocycles. The fourth-order valence-corrected chi connectivity index (χ4v) is 2.71. The van der Waals surface area contributed by atoms with Gasteiger partial charge in [-0.25, -0.2) is 4.79 Å². The predicted octanol–water partition coefficient (Wildman–Crippen LogP) is 2.08. The van der Waals surface area contributed by atoms with Crippen LogP contribution in [0.3, 0.4) is 0 Å². The van der Waals surface area contributed by atoms with Crippen molar-refractivity contribution < 1.29 is 19.5 Å². The smallest absolute Gasteiger partial charge is 0.331 e. The number of carbonyl (C=O) groups excluding carboxylic acids is 2. The highest BCUT2D eigenvalue weighted by molar-refractivity contribution is 6.04. The lowest BCUT2D eigenvalue weighted by atomic mass is 10.1. The number of carboxylic acid groups (broad SMARTS) is 1. The molecule has 2 aromatic rings. The summed E-state index contributed by atoms with van der Waals surface area (Å²) in [6.07, 6.45) is 4.28. The normalized spacial score (nSPS) is 14.5. The van der Waals surface area contributed by atoms with E-state index in [-0.39, 0.29) is 11.8 Å². The molecule has 0 radical (unpaired) electrons. The summed E-state index contributed by atoms with van der Waals surface area (Å²) in [6.45, 7) is 3.74. The van der Waals surface area contributed by atoms with E-state index >= 15 is 0 Å². The third kappa shape index (κ3) is 3.30. The van der Waals surface area contributed by atoms with Crippen LogP contribution in [0.15, 0.2) is 36.7 Å². The standard InChI is InChI=1S/C18H20N4O4/c1-18(2,17(25)26)22-11-13(10-19-22)20-16(24)12-5-7-14(8-6-12)21-9-3-4-15(21)23/h5-8,10-11H,3-4,9H2,1-2H3,(H,20,24)(H,25,26). The Morgan fingerprint density at radius 3 is 2.50 bits per heavy atom. The summed E-state index contributed by atoms with van der Waals surface area (Å²) in [6, 6.07) is 6.80. The lowest BCUT2D eigenvalue weighted by Crippen LogP contribution is -2.35. The topological polar surface area (TPSA) is 105 Å². The van der Waals surface area contributed by atoms with Crippen molar-refractivity contribution in [2.75, 3.05) is 16.8 Å².